The van der Waals surface area contributed by atoms with Crippen molar-refractivity contribution in [2.75, 3.05) is 11.9 Å². The Bertz CT molecular complexity index is 946. The molecule has 3 rings (SSSR count). The van der Waals surface area contributed by atoms with Gasteiger partial charge in [0, 0.05) is 24.7 Å². The van der Waals surface area contributed by atoms with Crippen molar-refractivity contribution in [2.45, 2.75) is 25.8 Å². The zero-order valence-electron chi connectivity index (χ0n) is 15.1. The van der Waals surface area contributed by atoms with Crippen LogP contribution in [-0.2, 0) is 16.0 Å². The number of hydrogen-bond acceptors (Lipinski definition) is 3. The fourth-order valence-corrected chi connectivity index (χ4v) is 2.97. The normalized spacial score (nSPS) is 13.5. The summed E-state index contributed by atoms with van der Waals surface area (Å²) in [4.78, 5) is 35.4. The summed E-state index contributed by atoms with van der Waals surface area (Å²) >= 11 is 0. The smallest absolute Gasteiger partial charge is 0.254 e. The summed E-state index contributed by atoms with van der Waals surface area (Å²) in [6.07, 6.45) is 0.319. The SMILES string of the molecule is C[C@H](NC(=O)CCNC(=O)c1ccc(F)cc1F)c1ccc2c(c1)CC(=O)N2. The minimum Gasteiger partial charge on any atom is -0.351 e. The Morgan fingerprint density at radius 2 is 1.96 bits per heavy atom. The van der Waals surface area contributed by atoms with Crippen LogP contribution < -0.4 is 16.0 Å². The van der Waals surface area contributed by atoms with Crippen molar-refractivity contribution in [3.05, 3.63) is 64.7 Å². The van der Waals surface area contributed by atoms with E-state index in [1.165, 1.54) is 0 Å². The molecule has 0 radical (unpaired) electrons. The van der Waals surface area contributed by atoms with Gasteiger partial charge in [-0.25, -0.2) is 8.78 Å². The lowest BCUT2D eigenvalue weighted by molar-refractivity contribution is -0.121. The number of fused-ring (bicyclic) bond motifs is 1. The first-order chi connectivity index (χ1) is 13.3. The molecule has 8 heteroatoms. The topological polar surface area (TPSA) is 87.3 Å². The minimum absolute atomic E-state index is 0.00385. The molecule has 28 heavy (non-hydrogen) atoms. The average Bonchev–Trinajstić information content (AvgIpc) is 3.00. The Morgan fingerprint density at radius 3 is 2.71 bits per heavy atom. The van der Waals surface area contributed by atoms with Crippen molar-refractivity contribution < 1.29 is 23.2 Å². The van der Waals surface area contributed by atoms with E-state index < -0.39 is 17.5 Å². The third-order valence-corrected chi connectivity index (χ3v) is 4.45. The van der Waals surface area contributed by atoms with Gasteiger partial charge < -0.3 is 16.0 Å². The van der Waals surface area contributed by atoms with Gasteiger partial charge in [0.15, 0.2) is 0 Å². The molecule has 1 atom stereocenters. The molecule has 0 saturated heterocycles. The van der Waals surface area contributed by atoms with Crippen molar-refractivity contribution in [3.8, 4) is 0 Å². The lowest BCUT2D eigenvalue weighted by atomic mass is 10.0. The molecule has 0 bridgehead atoms. The molecule has 1 heterocycles. The third-order valence-electron chi connectivity index (χ3n) is 4.45. The number of carbonyl (C=O) groups excluding carboxylic acids is 3. The van der Waals surface area contributed by atoms with Gasteiger partial charge in [-0.05, 0) is 36.2 Å². The molecular formula is C20H19F2N3O3. The van der Waals surface area contributed by atoms with Crippen molar-refractivity contribution in [1.82, 2.24) is 10.6 Å². The summed E-state index contributed by atoms with van der Waals surface area (Å²) in [7, 11) is 0. The first kappa shape index (κ1) is 19.5. The zero-order valence-corrected chi connectivity index (χ0v) is 15.1. The maximum absolute atomic E-state index is 13.6. The van der Waals surface area contributed by atoms with Crippen LogP contribution in [0.2, 0.25) is 0 Å². The van der Waals surface area contributed by atoms with Crippen LogP contribution in [-0.4, -0.2) is 24.3 Å². The highest BCUT2D eigenvalue weighted by Gasteiger charge is 2.19. The molecule has 3 amide bonds. The van der Waals surface area contributed by atoms with E-state index in [4.69, 9.17) is 0 Å². The second kappa shape index (κ2) is 8.16. The molecule has 2 aromatic rings. The largest absolute Gasteiger partial charge is 0.351 e. The predicted molar refractivity (Wildman–Crippen MR) is 98.6 cm³/mol. The number of anilines is 1. The van der Waals surface area contributed by atoms with E-state index in [1.807, 2.05) is 19.1 Å². The average molecular weight is 387 g/mol. The molecule has 146 valence electrons. The van der Waals surface area contributed by atoms with Crippen molar-refractivity contribution >= 4 is 23.4 Å². The zero-order chi connectivity index (χ0) is 20.3. The quantitative estimate of drug-likeness (QED) is 0.712. The van der Waals surface area contributed by atoms with Crippen LogP contribution in [0.1, 0.15) is 40.9 Å². The summed E-state index contributed by atoms with van der Waals surface area (Å²) in [5.74, 6) is -2.79. The highest BCUT2D eigenvalue weighted by atomic mass is 19.1. The molecule has 1 aliphatic rings. The molecule has 0 spiro atoms. The number of benzene rings is 2. The molecule has 6 nitrogen and oxygen atoms in total. The van der Waals surface area contributed by atoms with Gasteiger partial charge in [-0.3, -0.25) is 14.4 Å². The van der Waals surface area contributed by atoms with Gasteiger partial charge in [-0.1, -0.05) is 12.1 Å². The van der Waals surface area contributed by atoms with Gasteiger partial charge in [0.05, 0.1) is 18.0 Å². The summed E-state index contributed by atoms with van der Waals surface area (Å²) in [6.45, 7) is 1.83. The van der Waals surface area contributed by atoms with E-state index in [0.29, 0.717) is 12.5 Å². The Labute approximate surface area is 160 Å². The summed E-state index contributed by atoms with van der Waals surface area (Å²) in [6, 6.07) is 7.89. The standard InChI is InChI=1S/C20H19F2N3O3/c1-11(12-2-5-17-13(8-12)9-19(27)25-17)24-18(26)6-7-23-20(28)15-4-3-14(21)10-16(15)22/h2-5,8,10-11H,6-7,9H2,1H3,(H,23,28)(H,24,26)(H,25,27)/t11-/m0/s1. The van der Waals surface area contributed by atoms with E-state index in [2.05, 4.69) is 16.0 Å². The lowest BCUT2D eigenvalue weighted by Crippen LogP contribution is -2.32. The molecule has 1 aliphatic heterocycles. The van der Waals surface area contributed by atoms with Crippen LogP contribution in [0.5, 0.6) is 0 Å². The number of hydrogen-bond donors (Lipinski definition) is 3. The Balaban J connectivity index is 1.48. The monoisotopic (exact) mass is 387 g/mol. The fraction of sp³-hybridized carbons (Fsp3) is 0.250. The Hall–Kier alpha value is -3.29. The van der Waals surface area contributed by atoms with Crippen molar-refractivity contribution in [2.24, 2.45) is 0 Å². The van der Waals surface area contributed by atoms with Crippen LogP contribution in [0.25, 0.3) is 0 Å². The first-order valence-corrected chi connectivity index (χ1v) is 8.79. The van der Waals surface area contributed by atoms with Crippen LogP contribution >= 0.6 is 0 Å². The van der Waals surface area contributed by atoms with Crippen LogP contribution in [0.4, 0.5) is 14.5 Å². The van der Waals surface area contributed by atoms with E-state index in [9.17, 15) is 23.2 Å². The maximum Gasteiger partial charge on any atom is 0.254 e. The van der Waals surface area contributed by atoms with Gasteiger partial charge in [0.2, 0.25) is 11.8 Å². The number of carbonyl (C=O) groups is 3. The summed E-state index contributed by atoms with van der Waals surface area (Å²) in [5.41, 5.74) is 2.25. The predicted octanol–water partition coefficient (Wildman–Crippen LogP) is 2.46. The van der Waals surface area contributed by atoms with E-state index in [1.54, 1.807) is 6.07 Å². The van der Waals surface area contributed by atoms with Crippen LogP contribution in [0.15, 0.2) is 36.4 Å². The van der Waals surface area contributed by atoms with E-state index in [-0.39, 0.29) is 36.4 Å². The van der Waals surface area contributed by atoms with Crippen molar-refractivity contribution in [3.63, 3.8) is 0 Å². The molecule has 2 aromatic carbocycles. The van der Waals surface area contributed by atoms with Crippen LogP contribution in [0, 0.1) is 11.6 Å². The van der Waals surface area contributed by atoms with Crippen molar-refractivity contribution in [1.29, 1.82) is 0 Å². The number of nitrogens with one attached hydrogen (secondary N) is 3. The van der Waals surface area contributed by atoms with Gasteiger partial charge in [-0.15, -0.1) is 0 Å². The molecule has 3 N–H and O–H groups in total. The molecule has 0 aliphatic carbocycles. The number of rotatable bonds is 6. The van der Waals surface area contributed by atoms with Gasteiger partial charge in [0.1, 0.15) is 11.6 Å². The molecule has 0 fully saturated rings. The molecule has 0 saturated carbocycles. The summed E-state index contributed by atoms with van der Waals surface area (Å²) < 4.78 is 26.4. The lowest BCUT2D eigenvalue weighted by Gasteiger charge is -2.15. The minimum atomic E-state index is -0.958. The van der Waals surface area contributed by atoms with Gasteiger partial charge in [0.25, 0.3) is 5.91 Å². The first-order valence-electron chi connectivity index (χ1n) is 8.79. The van der Waals surface area contributed by atoms with Crippen LogP contribution in [0.3, 0.4) is 0 Å². The molecule has 0 aromatic heterocycles. The third kappa shape index (κ3) is 4.51. The molecule has 0 unspecified atom stereocenters. The Kier molecular flexibility index (Phi) is 5.67. The van der Waals surface area contributed by atoms with Gasteiger partial charge >= 0.3 is 0 Å². The van der Waals surface area contributed by atoms with Gasteiger partial charge in [-0.2, -0.15) is 0 Å². The highest BCUT2D eigenvalue weighted by Crippen LogP contribution is 2.26. The second-order valence-corrected chi connectivity index (χ2v) is 6.56. The number of amides is 3. The van der Waals surface area contributed by atoms with E-state index in [0.717, 1.165) is 28.9 Å². The Morgan fingerprint density at radius 1 is 1.18 bits per heavy atom. The second-order valence-electron chi connectivity index (χ2n) is 6.56. The van der Waals surface area contributed by atoms with E-state index >= 15 is 0 Å². The fourth-order valence-electron chi connectivity index (χ4n) is 2.97. The number of halogens is 2. The summed E-state index contributed by atoms with van der Waals surface area (Å²) in [5, 5.41) is 8.00. The maximum atomic E-state index is 13.6. The highest BCUT2D eigenvalue weighted by molar-refractivity contribution is 5.99. The molecular weight excluding hydrogens is 368 g/mol.